The highest BCUT2D eigenvalue weighted by Crippen LogP contribution is 2.11. The Morgan fingerprint density at radius 1 is 0.889 bits per heavy atom. The van der Waals surface area contributed by atoms with E-state index in [4.69, 9.17) is 4.74 Å². The summed E-state index contributed by atoms with van der Waals surface area (Å²) in [5.74, 6) is 0. The Kier molecular flexibility index (Phi) is 7.87. The summed E-state index contributed by atoms with van der Waals surface area (Å²) in [7, 11) is 0. The fourth-order valence-corrected chi connectivity index (χ4v) is 2.55. The van der Waals surface area contributed by atoms with Gasteiger partial charge in [0.1, 0.15) is 5.60 Å². The Bertz CT molecular complexity index is 691. The van der Waals surface area contributed by atoms with E-state index in [1.54, 1.807) is 0 Å². The summed E-state index contributed by atoms with van der Waals surface area (Å²) < 4.78 is 5.40. The highest BCUT2D eigenvalue weighted by molar-refractivity contribution is 5.68. The maximum atomic E-state index is 12.2. The molecule has 0 bridgehead atoms. The predicted molar refractivity (Wildman–Crippen MR) is 113 cm³/mol. The number of hydrogen-bond acceptors (Lipinski definition) is 2. The minimum Gasteiger partial charge on any atom is -0.444 e. The van der Waals surface area contributed by atoms with Gasteiger partial charge in [-0.05, 0) is 44.7 Å². The number of carbonyl (C=O) groups excluding carboxylic acids is 1. The van der Waals surface area contributed by atoms with Crippen LogP contribution in [-0.2, 0) is 4.74 Å². The molecule has 0 atom stereocenters. The summed E-state index contributed by atoms with van der Waals surface area (Å²) in [6, 6.07) is 20.3. The van der Waals surface area contributed by atoms with Crippen LogP contribution in [0.15, 0.2) is 72.8 Å². The molecule has 0 saturated carbocycles. The molecule has 0 spiro atoms. The van der Waals surface area contributed by atoms with Crippen LogP contribution >= 0.6 is 0 Å². The predicted octanol–water partition coefficient (Wildman–Crippen LogP) is 6.09. The molecule has 2 aromatic rings. The zero-order chi connectivity index (χ0) is 19.5. The summed E-state index contributed by atoms with van der Waals surface area (Å²) in [4.78, 5) is 12.2. The first-order chi connectivity index (χ1) is 12.9. The minimum absolute atomic E-state index is 0.0280. The molecule has 0 heterocycles. The third-order valence-corrected chi connectivity index (χ3v) is 3.78. The van der Waals surface area contributed by atoms with Crippen molar-refractivity contribution in [2.75, 3.05) is 0 Å². The SMILES string of the molecule is CC(C)(C)OC(=O)NC(C/C=C/c1ccccc1)C/C=C/c1ccccc1. The average molecular weight is 364 g/mol. The molecule has 0 radical (unpaired) electrons. The van der Waals surface area contributed by atoms with Gasteiger partial charge in [-0.3, -0.25) is 0 Å². The smallest absolute Gasteiger partial charge is 0.407 e. The first-order valence-corrected chi connectivity index (χ1v) is 9.35. The standard InChI is InChI=1S/C24H29NO2/c1-24(2,3)27-23(26)25-22(18-10-16-20-12-6-4-7-13-20)19-11-17-21-14-8-5-9-15-21/h4-17,22H,18-19H2,1-3H3,(H,25,26)/b16-10+,17-11+. The maximum Gasteiger partial charge on any atom is 0.407 e. The van der Waals surface area contributed by atoms with E-state index in [1.807, 2.05) is 57.2 Å². The van der Waals surface area contributed by atoms with E-state index in [-0.39, 0.29) is 12.1 Å². The van der Waals surface area contributed by atoms with Gasteiger partial charge < -0.3 is 10.1 Å². The number of amides is 1. The second kappa shape index (κ2) is 10.4. The van der Waals surface area contributed by atoms with Crippen LogP contribution in [0.4, 0.5) is 4.79 Å². The number of carbonyl (C=O) groups is 1. The van der Waals surface area contributed by atoms with Crippen molar-refractivity contribution >= 4 is 18.2 Å². The number of alkyl carbamates (subject to hydrolysis) is 1. The molecule has 0 saturated heterocycles. The molecule has 2 rings (SSSR count). The van der Waals surface area contributed by atoms with E-state index in [1.165, 1.54) is 0 Å². The Morgan fingerprint density at radius 3 is 1.74 bits per heavy atom. The molecule has 0 aliphatic carbocycles. The van der Waals surface area contributed by atoms with E-state index < -0.39 is 5.60 Å². The quantitative estimate of drug-likeness (QED) is 0.647. The Morgan fingerprint density at radius 2 is 1.33 bits per heavy atom. The van der Waals surface area contributed by atoms with Crippen LogP contribution in [0, 0.1) is 0 Å². The monoisotopic (exact) mass is 363 g/mol. The fourth-order valence-electron chi connectivity index (χ4n) is 2.55. The van der Waals surface area contributed by atoms with Gasteiger partial charge in [0.25, 0.3) is 0 Å². The largest absolute Gasteiger partial charge is 0.444 e. The van der Waals surface area contributed by atoms with Crippen molar-refractivity contribution in [2.45, 2.75) is 45.3 Å². The van der Waals surface area contributed by atoms with Crippen molar-refractivity contribution < 1.29 is 9.53 Å². The second-order valence-corrected chi connectivity index (χ2v) is 7.44. The molecular weight excluding hydrogens is 334 g/mol. The van der Waals surface area contributed by atoms with Crippen molar-refractivity contribution in [3.8, 4) is 0 Å². The topological polar surface area (TPSA) is 38.3 Å². The minimum atomic E-state index is -0.506. The molecule has 1 N–H and O–H groups in total. The fraction of sp³-hybridized carbons (Fsp3) is 0.292. The van der Waals surface area contributed by atoms with Gasteiger partial charge in [0.05, 0.1) is 0 Å². The van der Waals surface area contributed by atoms with E-state index >= 15 is 0 Å². The molecule has 3 nitrogen and oxygen atoms in total. The molecule has 2 aromatic carbocycles. The molecule has 0 aliphatic rings. The Hall–Kier alpha value is -2.81. The highest BCUT2D eigenvalue weighted by Gasteiger charge is 2.18. The average Bonchev–Trinajstić information content (AvgIpc) is 2.62. The van der Waals surface area contributed by atoms with Crippen LogP contribution in [-0.4, -0.2) is 17.7 Å². The normalized spacial score (nSPS) is 12.0. The van der Waals surface area contributed by atoms with Gasteiger partial charge in [-0.2, -0.15) is 0 Å². The number of nitrogens with one attached hydrogen (secondary N) is 1. The Labute approximate surface area is 162 Å². The lowest BCUT2D eigenvalue weighted by molar-refractivity contribution is 0.0505. The van der Waals surface area contributed by atoms with E-state index in [0.717, 1.165) is 24.0 Å². The van der Waals surface area contributed by atoms with E-state index in [2.05, 4.69) is 53.9 Å². The third-order valence-electron chi connectivity index (χ3n) is 3.78. The molecule has 3 heteroatoms. The van der Waals surface area contributed by atoms with Crippen LogP contribution in [0.2, 0.25) is 0 Å². The summed E-state index contributed by atoms with van der Waals surface area (Å²) in [5, 5.41) is 2.98. The van der Waals surface area contributed by atoms with Gasteiger partial charge in [-0.25, -0.2) is 4.79 Å². The molecule has 27 heavy (non-hydrogen) atoms. The van der Waals surface area contributed by atoms with Crippen molar-refractivity contribution in [3.05, 3.63) is 83.9 Å². The first-order valence-electron chi connectivity index (χ1n) is 9.35. The van der Waals surface area contributed by atoms with Gasteiger partial charge in [-0.15, -0.1) is 0 Å². The summed E-state index contributed by atoms with van der Waals surface area (Å²) in [6.07, 6.45) is 9.41. The van der Waals surface area contributed by atoms with Gasteiger partial charge in [-0.1, -0.05) is 85.0 Å². The summed E-state index contributed by atoms with van der Waals surface area (Å²) in [6.45, 7) is 5.60. The van der Waals surface area contributed by atoms with Crippen molar-refractivity contribution in [1.29, 1.82) is 0 Å². The lowest BCUT2D eigenvalue weighted by Gasteiger charge is -2.22. The van der Waals surface area contributed by atoms with Gasteiger partial charge >= 0.3 is 6.09 Å². The molecule has 0 fully saturated rings. The van der Waals surface area contributed by atoms with Crippen molar-refractivity contribution in [3.63, 3.8) is 0 Å². The lowest BCUT2D eigenvalue weighted by atomic mass is 10.1. The van der Waals surface area contributed by atoms with Crippen LogP contribution in [0.3, 0.4) is 0 Å². The second-order valence-electron chi connectivity index (χ2n) is 7.44. The maximum absolute atomic E-state index is 12.2. The molecule has 142 valence electrons. The molecular formula is C24H29NO2. The highest BCUT2D eigenvalue weighted by atomic mass is 16.6. The zero-order valence-corrected chi connectivity index (χ0v) is 16.4. The number of hydrogen-bond donors (Lipinski definition) is 1. The number of benzene rings is 2. The van der Waals surface area contributed by atoms with Crippen molar-refractivity contribution in [1.82, 2.24) is 5.32 Å². The van der Waals surface area contributed by atoms with Gasteiger partial charge in [0, 0.05) is 6.04 Å². The molecule has 1 amide bonds. The molecule has 0 unspecified atom stereocenters. The van der Waals surface area contributed by atoms with Crippen molar-refractivity contribution in [2.24, 2.45) is 0 Å². The van der Waals surface area contributed by atoms with Gasteiger partial charge in [0.2, 0.25) is 0 Å². The molecule has 0 aliphatic heterocycles. The van der Waals surface area contributed by atoms with Gasteiger partial charge in [0.15, 0.2) is 0 Å². The summed E-state index contributed by atoms with van der Waals surface area (Å²) in [5.41, 5.74) is 1.79. The lowest BCUT2D eigenvalue weighted by Crippen LogP contribution is -2.38. The Balaban J connectivity index is 1.97. The molecule has 0 aromatic heterocycles. The van der Waals surface area contributed by atoms with E-state index in [0.29, 0.717) is 0 Å². The van der Waals surface area contributed by atoms with Crippen LogP contribution < -0.4 is 5.32 Å². The number of rotatable bonds is 7. The van der Waals surface area contributed by atoms with E-state index in [9.17, 15) is 4.79 Å². The zero-order valence-electron chi connectivity index (χ0n) is 16.4. The third kappa shape index (κ3) is 8.91. The number of ether oxygens (including phenoxy) is 1. The van der Waals surface area contributed by atoms with Crippen LogP contribution in [0.5, 0.6) is 0 Å². The van der Waals surface area contributed by atoms with Crippen LogP contribution in [0.25, 0.3) is 12.2 Å². The van der Waals surface area contributed by atoms with Crippen LogP contribution in [0.1, 0.15) is 44.7 Å². The first kappa shape index (κ1) is 20.5. The summed E-state index contributed by atoms with van der Waals surface area (Å²) >= 11 is 0.